The second kappa shape index (κ2) is 7.01. The molecule has 1 heterocycles. The Hall–Kier alpha value is -2.13. The number of nitrogens with two attached hydrogens (primary N) is 1. The summed E-state index contributed by atoms with van der Waals surface area (Å²) in [6.07, 6.45) is 1.74. The van der Waals surface area contributed by atoms with Crippen molar-refractivity contribution < 1.29 is 13.2 Å². The van der Waals surface area contributed by atoms with Crippen LogP contribution in [0.2, 0.25) is 5.02 Å². The summed E-state index contributed by atoms with van der Waals surface area (Å²) in [5, 5.41) is 8.75. The number of hydrogen-bond acceptors (Lipinski definition) is 5. The van der Waals surface area contributed by atoms with Gasteiger partial charge in [-0.1, -0.05) is 23.7 Å². The number of nitrogens with one attached hydrogen (secondary N) is 1. The highest BCUT2D eigenvalue weighted by atomic mass is 35.5. The zero-order valence-corrected chi connectivity index (χ0v) is 15.0. The molecule has 0 spiro atoms. The fourth-order valence-electron chi connectivity index (χ4n) is 2.02. The van der Waals surface area contributed by atoms with Crippen LogP contribution >= 0.6 is 23.4 Å². The van der Waals surface area contributed by atoms with Crippen molar-refractivity contribution in [3.8, 4) is 0 Å². The number of rotatable bonds is 3. The third-order valence-corrected chi connectivity index (χ3v) is 5.31. The van der Waals surface area contributed by atoms with Crippen molar-refractivity contribution in [1.82, 2.24) is 5.32 Å². The molecule has 128 valence electrons. The van der Waals surface area contributed by atoms with E-state index in [1.807, 2.05) is 12.1 Å². The molecule has 0 aromatic heterocycles. The monoisotopic (exact) mass is 393 g/mol. The summed E-state index contributed by atoms with van der Waals surface area (Å²) < 4.78 is 22.5. The number of nitrogens with zero attached hydrogens (tertiary/aromatic N) is 1. The molecule has 1 saturated heterocycles. The van der Waals surface area contributed by atoms with Crippen LogP contribution in [-0.4, -0.2) is 19.5 Å². The van der Waals surface area contributed by atoms with E-state index in [-0.39, 0.29) is 10.8 Å². The number of benzene rings is 2. The van der Waals surface area contributed by atoms with Gasteiger partial charge in [-0.05, 0) is 59.8 Å². The maximum absolute atomic E-state index is 12.0. The Balaban J connectivity index is 1.80. The highest BCUT2D eigenvalue weighted by Gasteiger charge is 2.23. The molecule has 1 amide bonds. The summed E-state index contributed by atoms with van der Waals surface area (Å²) in [5.41, 5.74) is 1.35. The van der Waals surface area contributed by atoms with Crippen molar-refractivity contribution in [2.24, 2.45) is 10.1 Å². The van der Waals surface area contributed by atoms with E-state index >= 15 is 0 Å². The maximum atomic E-state index is 12.0. The van der Waals surface area contributed by atoms with Crippen molar-refractivity contribution in [3.05, 3.63) is 64.0 Å². The van der Waals surface area contributed by atoms with Gasteiger partial charge in [0.15, 0.2) is 5.17 Å². The Morgan fingerprint density at radius 1 is 1.08 bits per heavy atom. The lowest BCUT2D eigenvalue weighted by atomic mass is 10.2. The molecule has 0 atom stereocenters. The molecule has 0 unspecified atom stereocenters. The van der Waals surface area contributed by atoms with Gasteiger partial charge in [-0.25, -0.2) is 18.5 Å². The third-order valence-electron chi connectivity index (χ3n) is 3.21. The zero-order valence-electron chi connectivity index (χ0n) is 12.6. The average molecular weight is 394 g/mol. The van der Waals surface area contributed by atoms with Crippen LogP contribution in [0.5, 0.6) is 0 Å². The van der Waals surface area contributed by atoms with E-state index in [4.69, 9.17) is 16.7 Å². The molecule has 6 nitrogen and oxygen atoms in total. The number of sulfonamides is 1. The lowest BCUT2D eigenvalue weighted by molar-refractivity contribution is -0.115. The molecule has 25 heavy (non-hydrogen) atoms. The van der Waals surface area contributed by atoms with E-state index in [2.05, 4.69) is 10.3 Å². The molecule has 0 bridgehead atoms. The van der Waals surface area contributed by atoms with Crippen molar-refractivity contribution >= 4 is 56.2 Å². The summed E-state index contributed by atoms with van der Waals surface area (Å²) in [6.45, 7) is 0. The number of halogens is 1. The summed E-state index contributed by atoms with van der Waals surface area (Å²) in [7, 11) is -3.74. The van der Waals surface area contributed by atoms with Gasteiger partial charge in [0, 0.05) is 5.02 Å². The van der Waals surface area contributed by atoms with Crippen LogP contribution in [-0.2, 0) is 14.8 Å². The fraction of sp³-hybridized carbons (Fsp3) is 0. The number of thioether (sulfide) groups is 1. The SMILES string of the molecule is NS(=O)(=O)c1ccc(N=C2NC(=O)/C(=C/c3ccc(Cl)cc3)S2)cc1. The van der Waals surface area contributed by atoms with Crippen LogP contribution in [0.1, 0.15) is 5.56 Å². The van der Waals surface area contributed by atoms with Crippen molar-refractivity contribution in [3.63, 3.8) is 0 Å². The molecule has 0 radical (unpaired) electrons. The van der Waals surface area contributed by atoms with Gasteiger partial charge in [0.2, 0.25) is 10.0 Å². The average Bonchev–Trinajstić information content (AvgIpc) is 2.89. The van der Waals surface area contributed by atoms with E-state index in [0.717, 1.165) is 5.56 Å². The minimum atomic E-state index is -3.74. The van der Waals surface area contributed by atoms with Gasteiger partial charge in [-0.15, -0.1) is 0 Å². The number of hydrogen-bond donors (Lipinski definition) is 2. The Kier molecular flexibility index (Phi) is 4.96. The molecule has 1 fully saturated rings. The van der Waals surface area contributed by atoms with Crippen LogP contribution in [0.15, 0.2) is 63.3 Å². The van der Waals surface area contributed by atoms with Gasteiger partial charge in [-0.2, -0.15) is 0 Å². The van der Waals surface area contributed by atoms with E-state index in [1.165, 1.54) is 36.0 Å². The molecule has 2 aromatic carbocycles. The largest absolute Gasteiger partial charge is 0.300 e. The molecule has 1 aliphatic heterocycles. The predicted molar refractivity (Wildman–Crippen MR) is 100 cm³/mol. The maximum Gasteiger partial charge on any atom is 0.264 e. The van der Waals surface area contributed by atoms with Crippen molar-refractivity contribution in [2.75, 3.05) is 0 Å². The Bertz CT molecular complexity index is 982. The molecule has 3 rings (SSSR count). The van der Waals surface area contributed by atoms with Gasteiger partial charge < -0.3 is 5.32 Å². The molecular weight excluding hydrogens is 382 g/mol. The molecule has 0 aliphatic carbocycles. The number of carbonyl (C=O) groups is 1. The summed E-state index contributed by atoms with van der Waals surface area (Å²) >= 11 is 7.04. The first kappa shape index (κ1) is 17.7. The van der Waals surface area contributed by atoms with Crippen LogP contribution in [0.25, 0.3) is 6.08 Å². The third kappa shape index (κ3) is 4.49. The normalized spacial score (nSPS) is 17.9. The molecule has 2 aromatic rings. The lowest BCUT2D eigenvalue weighted by Crippen LogP contribution is -2.19. The quantitative estimate of drug-likeness (QED) is 0.782. The number of carbonyl (C=O) groups excluding carboxylic acids is 1. The number of aliphatic imine (C=N–C) groups is 1. The minimum absolute atomic E-state index is 0.00267. The molecule has 9 heteroatoms. The molecule has 0 saturated carbocycles. The van der Waals surface area contributed by atoms with Gasteiger partial charge in [-0.3, -0.25) is 4.79 Å². The molecular formula is C16H12ClN3O3S2. The second-order valence-electron chi connectivity index (χ2n) is 5.07. The van der Waals surface area contributed by atoms with E-state index < -0.39 is 10.0 Å². The highest BCUT2D eigenvalue weighted by Crippen LogP contribution is 2.28. The lowest BCUT2D eigenvalue weighted by Gasteiger charge is -1.99. The van der Waals surface area contributed by atoms with Gasteiger partial charge in [0.1, 0.15) is 0 Å². The van der Waals surface area contributed by atoms with Crippen molar-refractivity contribution in [1.29, 1.82) is 0 Å². The Morgan fingerprint density at radius 2 is 1.72 bits per heavy atom. The van der Waals surface area contributed by atoms with Crippen LogP contribution in [0.4, 0.5) is 5.69 Å². The van der Waals surface area contributed by atoms with E-state index in [9.17, 15) is 13.2 Å². The first-order valence-corrected chi connectivity index (χ1v) is 9.73. The fourth-order valence-corrected chi connectivity index (χ4v) is 3.50. The van der Waals surface area contributed by atoms with Crippen LogP contribution < -0.4 is 10.5 Å². The Morgan fingerprint density at radius 3 is 2.32 bits per heavy atom. The molecule has 3 N–H and O–H groups in total. The number of primary sulfonamides is 1. The van der Waals surface area contributed by atoms with E-state index in [0.29, 0.717) is 20.8 Å². The van der Waals surface area contributed by atoms with Crippen LogP contribution in [0, 0.1) is 0 Å². The van der Waals surface area contributed by atoms with E-state index in [1.54, 1.807) is 18.2 Å². The summed E-state index contributed by atoms with van der Waals surface area (Å²) in [4.78, 5) is 16.8. The number of amidine groups is 1. The smallest absolute Gasteiger partial charge is 0.264 e. The molecule has 1 aliphatic rings. The second-order valence-corrected chi connectivity index (χ2v) is 8.10. The predicted octanol–water partition coefficient (Wildman–Crippen LogP) is 2.88. The Labute approximate surface area is 153 Å². The topological polar surface area (TPSA) is 102 Å². The van der Waals surface area contributed by atoms with Gasteiger partial charge in [0.25, 0.3) is 5.91 Å². The van der Waals surface area contributed by atoms with Gasteiger partial charge >= 0.3 is 0 Å². The first-order chi connectivity index (χ1) is 11.8. The van der Waals surface area contributed by atoms with Crippen molar-refractivity contribution in [2.45, 2.75) is 4.90 Å². The number of amides is 1. The highest BCUT2D eigenvalue weighted by molar-refractivity contribution is 8.18. The summed E-state index contributed by atoms with van der Waals surface area (Å²) in [5.74, 6) is -0.250. The zero-order chi connectivity index (χ0) is 18.0. The first-order valence-electron chi connectivity index (χ1n) is 6.99. The standard InChI is InChI=1S/C16H12ClN3O3S2/c17-11-3-1-10(2-4-11)9-14-15(21)20-16(24-14)19-12-5-7-13(8-6-12)25(18,22)23/h1-9H,(H2,18,22,23)(H,19,20,21)/b14-9-. The summed E-state index contributed by atoms with van der Waals surface area (Å²) in [6, 6.07) is 12.9. The minimum Gasteiger partial charge on any atom is -0.300 e. The van der Waals surface area contributed by atoms with Crippen LogP contribution in [0.3, 0.4) is 0 Å². The van der Waals surface area contributed by atoms with Gasteiger partial charge in [0.05, 0.1) is 15.5 Å².